The molecule has 8 heteroatoms. The maximum atomic E-state index is 12.2. The van der Waals surface area contributed by atoms with Crippen LogP contribution in [0, 0.1) is 0 Å². The van der Waals surface area contributed by atoms with E-state index in [0.29, 0.717) is 6.42 Å². The highest BCUT2D eigenvalue weighted by Crippen LogP contribution is 2.11. The van der Waals surface area contributed by atoms with Gasteiger partial charge in [-0.15, -0.1) is 0 Å². The van der Waals surface area contributed by atoms with Crippen LogP contribution in [0.5, 0.6) is 0 Å². The average Bonchev–Trinajstić information content (AvgIpc) is 2.85. The summed E-state index contributed by atoms with van der Waals surface area (Å²) in [5.41, 5.74) is 0. The van der Waals surface area contributed by atoms with E-state index in [0.717, 1.165) is 32.1 Å². The van der Waals surface area contributed by atoms with E-state index in [-0.39, 0.29) is 32.4 Å². The van der Waals surface area contributed by atoms with Crippen molar-refractivity contribution in [3.05, 3.63) is 12.2 Å². The molecule has 8 nitrogen and oxygen atoms in total. The first-order valence-electron chi connectivity index (χ1n) is 13.6. The highest BCUT2D eigenvalue weighted by Gasteiger charge is 2.17. The number of esters is 1. The van der Waals surface area contributed by atoms with Gasteiger partial charge in [0, 0.05) is 6.42 Å². The zero-order chi connectivity index (χ0) is 26.0. The van der Waals surface area contributed by atoms with Crippen LogP contribution >= 0.6 is 0 Å². The third-order valence-corrected chi connectivity index (χ3v) is 5.59. The molecule has 0 spiro atoms. The van der Waals surface area contributed by atoms with Gasteiger partial charge in [-0.3, -0.25) is 4.79 Å². The largest absolute Gasteiger partial charge is 0.457 e. The summed E-state index contributed by atoms with van der Waals surface area (Å²) in [7, 11) is 0. The monoisotopic (exact) mass is 504 g/mol. The van der Waals surface area contributed by atoms with E-state index in [1.54, 1.807) is 0 Å². The van der Waals surface area contributed by atoms with Crippen LogP contribution in [0.1, 0.15) is 96.8 Å². The van der Waals surface area contributed by atoms with Gasteiger partial charge < -0.3 is 34.6 Å². The van der Waals surface area contributed by atoms with Crippen LogP contribution in [0.15, 0.2) is 12.2 Å². The van der Waals surface area contributed by atoms with Crippen LogP contribution in [0.25, 0.3) is 0 Å². The molecule has 4 N–H and O–H groups in total. The number of rotatable bonds is 26. The predicted octanol–water partition coefficient (Wildman–Crippen LogP) is 3.68. The summed E-state index contributed by atoms with van der Waals surface area (Å²) in [6.45, 7) is 1.25. The number of aliphatic hydroxyl groups excluding tert-OH is 4. The standard InChI is InChI=1S/C27H52O8/c1-2-3-4-5-6-7-8-9-10-11-12-13-14-15-16-17-27(32)35-26(22-33-20-24(30)18-28)23-34-21-25(31)19-29/h9-10,24-26,28-31H,2-8,11-23H2,1H3/b10-9-. The lowest BCUT2D eigenvalue weighted by atomic mass is 10.1. The Labute approximate surface area is 212 Å². The molecule has 0 aromatic carbocycles. The minimum absolute atomic E-state index is 0.00436. The van der Waals surface area contributed by atoms with E-state index < -0.39 is 31.5 Å². The van der Waals surface area contributed by atoms with Crippen molar-refractivity contribution in [2.75, 3.05) is 39.6 Å². The third-order valence-electron chi connectivity index (χ3n) is 5.59. The SMILES string of the molecule is CCCCCCCC/C=C\CCCCCCCC(=O)OC(COCC(O)CO)COCC(O)CO. The van der Waals surface area contributed by atoms with Crippen LogP contribution in [0.3, 0.4) is 0 Å². The minimum atomic E-state index is -1.00. The van der Waals surface area contributed by atoms with Crippen molar-refractivity contribution in [1.82, 2.24) is 0 Å². The number of hydrogen-bond donors (Lipinski definition) is 4. The van der Waals surface area contributed by atoms with Crippen LogP contribution in [0.4, 0.5) is 0 Å². The molecule has 0 amide bonds. The molecule has 0 saturated carbocycles. The lowest BCUT2D eigenvalue weighted by Gasteiger charge is -2.19. The fraction of sp³-hybridized carbons (Fsp3) is 0.889. The van der Waals surface area contributed by atoms with Crippen LogP contribution in [0.2, 0.25) is 0 Å². The van der Waals surface area contributed by atoms with Crippen molar-refractivity contribution >= 4 is 5.97 Å². The van der Waals surface area contributed by atoms with Gasteiger partial charge in [-0.25, -0.2) is 0 Å². The van der Waals surface area contributed by atoms with Gasteiger partial charge in [0.05, 0.1) is 39.6 Å². The molecule has 208 valence electrons. The molecule has 0 aliphatic carbocycles. The number of unbranched alkanes of at least 4 members (excludes halogenated alkanes) is 11. The first-order valence-corrected chi connectivity index (χ1v) is 13.6. The maximum Gasteiger partial charge on any atom is 0.306 e. The molecule has 0 saturated heterocycles. The smallest absolute Gasteiger partial charge is 0.306 e. The average molecular weight is 505 g/mol. The van der Waals surface area contributed by atoms with Gasteiger partial charge in [-0.05, 0) is 32.1 Å². The Balaban J connectivity index is 3.85. The van der Waals surface area contributed by atoms with E-state index in [1.165, 1.54) is 51.4 Å². The second kappa shape index (κ2) is 26.0. The third kappa shape index (κ3) is 24.4. The number of ether oxygens (including phenoxy) is 3. The normalized spacial score (nSPS) is 14.3. The Morgan fingerprint density at radius 1 is 0.686 bits per heavy atom. The number of hydrogen-bond acceptors (Lipinski definition) is 8. The molecule has 0 aliphatic heterocycles. The van der Waals surface area contributed by atoms with Crippen LogP contribution in [-0.4, -0.2) is 84.3 Å². The van der Waals surface area contributed by atoms with Crippen molar-refractivity contribution in [3.8, 4) is 0 Å². The van der Waals surface area contributed by atoms with Gasteiger partial charge in [0.1, 0.15) is 18.3 Å². The van der Waals surface area contributed by atoms with Crippen LogP contribution < -0.4 is 0 Å². The molecule has 0 heterocycles. The Morgan fingerprint density at radius 2 is 1.14 bits per heavy atom. The lowest BCUT2D eigenvalue weighted by molar-refractivity contribution is -0.158. The molecule has 0 fully saturated rings. The summed E-state index contributed by atoms with van der Waals surface area (Å²) >= 11 is 0. The molecule has 0 aromatic rings. The van der Waals surface area contributed by atoms with Gasteiger partial charge in [-0.1, -0.05) is 70.4 Å². The number of carbonyl (C=O) groups is 1. The van der Waals surface area contributed by atoms with Gasteiger partial charge in [0.25, 0.3) is 0 Å². The Hall–Kier alpha value is -1.03. The summed E-state index contributed by atoms with van der Waals surface area (Å²) in [6, 6.07) is 0. The van der Waals surface area contributed by atoms with Crippen molar-refractivity contribution in [3.63, 3.8) is 0 Å². The molecule has 0 rings (SSSR count). The zero-order valence-electron chi connectivity index (χ0n) is 22.0. The Bertz CT molecular complexity index is 470. The van der Waals surface area contributed by atoms with Gasteiger partial charge in [0.15, 0.2) is 0 Å². The highest BCUT2D eigenvalue weighted by molar-refractivity contribution is 5.69. The zero-order valence-corrected chi connectivity index (χ0v) is 22.0. The van der Waals surface area contributed by atoms with Crippen molar-refractivity contribution < 1.29 is 39.4 Å². The quantitative estimate of drug-likeness (QED) is 0.0799. The summed E-state index contributed by atoms with van der Waals surface area (Å²) < 4.78 is 16.0. The number of carbonyl (C=O) groups excluding carboxylic acids is 1. The van der Waals surface area contributed by atoms with Gasteiger partial charge in [0.2, 0.25) is 0 Å². The first kappa shape index (κ1) is 34.0. The Morgan fingerprint density at radius 3 is 1.63 bits per heavy atom. The molecule has 0 radical (unpaired) electrons. The molecule has 2 unspecified atom stereocenters. The molecule has 2 atom stereocenters. The highest BCUT2D eigenvalue weighted by atomic mass is 16.6. The van der Waals surface area contributed by atoms with Gasteiger partial charge >= 0.3 is 5.97 Å². The molecule has 0 bridgehead atoms. The van der Waals surface area contributed by atoms with Gasteiger partial charge in [-0.2, -0.15) is 0 Å². The summed E-state index contributed by atoms with van der Waals surface area (Å²) in [5.74, 6) is -0.342. The molecule has 0 aromatic heterocycles. The van der Waals surface area contributed by atoms with Crippen LogP contribution in [-0.2, 0) is 19.0 Å². The summed E-state index contributed by atoms with van der Waals surface area (Å²) in [5, 5.41) is 36.4. The second-order valence-corrected chi connectivity index (χ2v) is 9.19. The molecule has 35 heavy (non-hydrogen) atoms. The predicted molar refractivity (Wildman–Crippen MR) is 137 cm³/mol. The fourth-order valence-electron chi connectivity index (χ4n) is 3.48. The van der Waals surface area contributed by atoms with E-state index >= 15 is 0 Å². The van der Waals surface area contributed by atoms with E-state index in [1.807, 2.05) is 0 Å². The molecular formula is C27H52O8. The van der Waals surface area contributed by atoms with E-state index in [9.17, 15) is 15.0 Å². The fourth-order valence-corrected chi connectivity index (χ4v) is 3.48. The maximum absolute atomic E-state index is 12.2. The Kier molecular flexibility index (Phi) is 25.3. The van der Waals surface area contributed by atoms with Crippen molar-refractivity contribution in [2.24, 2.45) is 0 Å². The van der Waals surface area contributed by atoms with Crippen molar-refractivity contribution in [1.29, 1.82) is 0 Å². The molecular weight excluding hydrogens is 452 g/mol. The van der Waals surface area contributed by atoms with E-state index in [2.05, 4.69) is 19.1 Å². The number of allylic oxidation sites excluding steroid dienone is 2. The number of aliphatic hydroxyl groups is 4. The summed E-state index contributed by atoms with van der Waals surface area (Å²) in [6.07, 6.45) is 17.7. The lowest BCUT2D eigenvalue weighted by Crippen LogP contribution is -2.32. The topological polar surface area (TPSA) is 126 Å². The first-order chi connectivity index (χ1) is 17.0. The molecule has 0 aliphatic rings. The van der Waals surface area contributed by atoms with Crippen molar-refractivity contribution in [2.45, 2.75) is 115 Å². The summed E-state index contributed by atoms with van der Waals surface area (Å²) in [4.78, 5) is 12.2. The minimum Gasteiger partial charge on any atom is -0.457 e. The second-order valence-electron chi connectivity index (χ2n) is 9.19. The van der Waals surface area contributed by atoms with E-state index in [4.69, 9.17) is 24.4 Å².